The van der Waals surface area contributed by atoms with Gasteiger partial charge in [0, 0.05) is 81.8 Å². The number of ether oxygens (including phenoxy) is 12. The molecule has 21 nitrogen and oxygen atoms in total. The number of amides is 2. The van der Waals surface area contributed by atoms with Crippen molar-refractivity contribution < 1.29 is 88.8 Å². The number of nitrogens with zero attached hydrogens (tertiary/aromatic N) is 4. The maximum absolute atomic E-state index is 13.8. The van der Waals surface area contributed by atoms with Crippen LogP contribution in [0.25, 0.3) is 6.08 Å². The summed E-state index contributed by atoms with van der Waals surface area (Å²) in [6, 6.07) is 2.12. The number of alkyl carbamates (subject to hydrolysis) is 1. The normalized spacial score (nSPS) is 15.0. The third-order valence-electron chi connectivity index (χ3n) is 12.5. The van der Waals surface area contributed by atoms with E-state index in [1.54, 1.807) is 11.3 Å². The molecule has 5 rings (SSSR count). The van der Waals surface area contributed by atoms with Crippen LogP contribution in [-0.4, -0.2) is 229 Å². The number of hydrogen-bond donors (Lipinski definition) is 2. The summed E-state index contributed by atoms with van der Waals surface area (Å²) in [4.78, 5) is 51.1. The Kier molecular flexibility index (Phi) is 33.1. The van der Waals surface area contributed by atoms with Gasteiger partial charge in [-0.05, 0) is 44.2 Å². The predicted molar refractivity (Wildman–Crippen MR) is 288 cm³/mol. The first-order chi connectivity index (χ1) is 39.0. The van der Waals surface area contributed by atoms with Crippen LogP contribution < -0.4 is 15.8 Å². The van der Waals surface area contributed by atoms with E-state index in [-0.39, 0.29) is 44.0 Å². The van der Waals surface area contributed by atoms with Crippen molar-refractivity contribution in [3.63, 3.8) is 0 Å². The monoisotopic (exact) mass is 1160 g/mol. The molecule has 0 radical (unpaired) electrons. The summed E-state index contributed by atoms with van der Waals surface area (Å²) in [6.07, 6.45) is 5.91. The average Bonchev–Trinajstić information content (AvgIpc) is 3.75. The topological polar surface area (TPSA) is 222 Å². The molecule has 1 aromatic heterocycles. The Morgan fingerprint density at radius 1 is 0.675 bits per heavy atom. The van der Waals surface area contributed by atoms with Crippen molar-refractivity contribution in [3.05, 3.63) is 50.7 Å². The molecule has 2 aliphatic heterocycles. The van der Waals surface area contributed by atoms with E-state index in [0.717, 1.165) is 75.5 Å². The highest BCUT2D eigenvalue weighted by atomic mass is 32.1. The molecule has 2 aromatic rings. The fourth-order valence-electron chi connectivity index (χ4n) is 8.01. The van der Waals surface area contributed by atoms with Crippen LogP contribution in [-0.2, 0) is 68.2 Å². The lowest BCUT2D eigenvalue weighted by molar-refractivity contribution is -0.136. The summed E-state index contributed by atoms with van der Waals surface area (Å²) in [5.41, 5.74) is 7.79. The third kappa shape index (κ3) is 26.7. The van der Waals surface area contributed by atoms with Crippen molar-refractivity contribution >= 4 is 46.9 Å². The van der Waals surface area contributed by atoms with Gasteiger partial charge < -0.3 is 72.8 Å². The van der Waals surface area contributed by atoms with Crippen LogP contribution in [0.3, 0.4) is 0 Å². The highest BCUT2D eigenvalue weighted by Gasteiger charge is 2.26. The largest absolute Gasteiger partial charge is 0.446 e. The van der Waals surface area contributed by atoms with Crippen molar-refractivity contribution in [1.82, 2.24) is 20.0 Å². The molecular formula is C54H82F4N6O15S. The number of amidine groups is 1. The number of aliphatic imine (C=N–C) groups is 1. The van der Waals surface area contributed by atoms with Crippen LogP contribution in [0.15, 0.2) is 22.7 Å². The van der Waals surface area contributed by atoms with Gasteiger partial charge in [-0.2, -0.15) is 8.78 Å². The Balaban J connectivity index is 0.734. The van der Waals surface area contributed by atoms with Gasteiger partial charge in [0.2, 0.25) is 23.3 Å². The number of carbonyl (C=O) groups is 3. The second kappa shape index (κ2) is 39.9. The zero-order valence-electron chi connectivity index (χ0n) is 46.2. The van der Waals surface area contributed by atoms with Gasteiger partial charge >= 0.3 is 12.1 Å². The van der Waals surface area contributed by atoms with Gasteiger partial charge in [-0.1, -0.05) is 6.92 Å². The van der Waals surface area contributed by atoms with Crippen LogP contribution in [0.5, 0.6) is 5.75 Å². The van der Waals surface area contributed by atoms with E-state index in [2.05, 4.69) is 30.9 Å². The summed E-state index contributed by atoms with van der Waals surface area (Å²) in [5, 5.41) is 2.81. The van der Waals surface area contributed by atoms with Crippen molar-refractivity contribution in [3.8, 4) is 5.75 Å². The number of benzene rings is 1. The Labute approximate surface area is 470 Å². The first-order valence-corrected chi connectivity index (χ1v) is 28.5. The number of thiophene rings is 1. The number of esters is 1. The van der Waals surface area contributed by atoms with Crippen molar-refractivity contribution in [1.29, 1.82) is 0 Å². The minimum absolute atomic E-state index is 0.0181. The molecule has 26 heteroatoms. The summed E-state index contributed by atoms with van der Waals surface area (Å²) < 4.78 is 118. The summed E-state index contributed by atoms with van der Waals surface area (Å²) >= 11 is 1.66. The summed E-state index contributed by atoms with van der Waals surface area (Å²) in [6.45, 7) is 16.7. The van der Waals surface area contributed by atoms with Crippen LogP contribution in [0.2, 0.25) is 0 Å². The van der Waals surface area contributed by atoms with Gasteiger partial charge in [0.15, 0.2) is 11.6 Å². The van der Waals surface area contributed by atoms with Gasteiger partial charge in [-0.3, -0.25) is 19.4 Å². The van der Waals surface area contributed by atoms with Gasteiger partial charge in [-0.25, -0.2) is 18.6 Å². The number of nitrogens with one attached hydrogen (secondary N) is 1. The molecule has 1 aliphatic carbocycles. The molecule has 80 heavy (non-hydrogen) atoms. The smallest absolute Gasteiger partial charge is 0.407 e. The number of carbonyl (C=O) groups excluding carboxylic acids is 3. The van der Waals surface area contributed by atoms with Gasteiger partial charge in [0.25, 0.3) is 0 Å². The van der Waals surface area contributed by atoms with E-state index < -0.39 is 41.4 Å². The second-order valence-corrected chi connectivity index (χ2v) is 19.9. The lowest BCUT2D eigenvalue weighted by Gasteiger charge is -2.34. The van der Waals surface area contributed by atoms with E-state index >= 15 is 0 Å². The molecule has 3 N–H and O–H groups in total. The first kappa shape index (κ1) is 66.4. The maximum atomic E-state index is 13.8. The van der Waals surface area contributed by atoms with Crippen molar-refractivity contribution in [2.45, 2.75) is 64.5 Å². The quantitative estimate of drug-likeness (QED) is 0.0284. The molecule has 2 fully saturated rings. The van der Waals surface area contributed by atoms with E-state index in [4.69, 9.17) is 57.8 Å². The Hall–Kier alpha value is -4.42. The van der Waals surface area contributed by atoms with Crippen LogP contribution in [0, 0.1) is 23.3 Å². The Morgan fingerprint density at radius 3 is 1.65 bits per heavy atom. The molecule has 1 aromatic carbocycles. The van der Waals surface area contributed by atoms with E-state index in [1.807, 2.05) is 17.9 Å². The Bertz CT molecular complexity index is 2150. The SMILES string of the molecule is CCCN(CCCNC(=O)OC1CCC1)C(=O)C1=Cc2sc(CN3CCN(CCOCCOCCOCCOCCOCCOCCOCCOCCOCCOCCC(=O)Oc4c(F)c(F)cc(F)c4F)CC3)cc2N=C(N)C1. The zero-order valence-corrected chi connectivity index (χ0v) is 47.0. The third-order valence-corrected chi connectivity index (χ3v) is 13.5. The fraction of sp³-hybridized carbons (Fsp3) is 0.704. The van der Waals surface area contributed by atoms with E-state index in [9.17, 15) is 31.9 Å². The van der Waals surface area contributed by atoms with E-state index in [0.29, 0.717) is 156 Å². The van der Waals surface area contributed by atoms with Crippen molar-refractivity contribution in [2.75, 3.05) is 184 Å². The second-order valence-electron chi connectivity index (χ2n) is 18.7. The molecule has 0 atom stereocenters. The van der Waals surface area contributed by atoms with Gasteiger partial charge in [-0.15, -0.1) is 11.3 Å². The minimum atomic E-state index is -1.80. The molecule has 2 amide bonds. The summed E-state index contributed by atoms with van der Waals surface area (Å²) in [7, 11) is 0. The molecular weight excluding hydrogens is 1080 g/mol. The van der Waals surface area contributed by atoms with Crippen LogP contribution in [0.1, 0.15) is 61.6 Å². The standard InChI is InChI=1S/C54H82F4N6O15S/c1-2-9-64(10-4-8-60-54(67)78-42-5-3-6-42)53(66)41-36-47-46(61-48(59)37-41)38-43(80-47)40-63-13-11-62(12-14-63)15-17-69-19-21-71-23-25-73-27-29-75-31-33-77-35-34-76-32-30-74-28-26-72-24-22-70-20-18-68-16-7-49(65)79-52-50(57)44(55)39-45(56)51(52)58/h36,38-39,42H,2-35,37,40H2,1H3,(H2,59,61)(H,60,67). The number of fused-ring (bicyclic) bond motifs is 1. The number of nitrogens with two attached hydrogens (primary N) is 1. The molecule has 3 heterocycles. The van der Waals surface area contributed by atoms with Crippen molar-refractivity contribution in [2.24, 2.45) is 10.7 Å². The fourth-order valence-corrected chi connectivity index (χ4v) is 9.12. The minimum Gasteiger partial charge on any atom is -0.446 e. The molecule has 1 saturated heterocycles. The predicted octanol–water partition coefficient (Wildman–Crippen LogP) is 5.27. The van der Waals surface area contributed by atoms with Crippen LogP contribution in [0.4, 0.5) is 28.0 Å². The maximum Gasteiger partial charge on any atom is 0.407 e. The molecule has 0 bridgehead atoms. The average molecular weight is 1160 g/mol. The zero-order chi connectivity index (χ0) is 57.0. The summed E-state index contributed by atoms with van der Waals surface area (Å²) in [5.74, 6) is -9.13. The number of piperazine rings is 1. The molecule has 0 unspecified atom stereocenters. The molecule has 3 aliphatic rings. The lowest BCUT2D eigenvalue weighted by Crippen LogP contribution is -2.46. The van der Waals surface area contributed by atoms with Crippen LogP contribution >= 0.6 is 11.3 Å². The molecule has 0 spiro atoms. The highest BCUT2D eigenvalue weighted by Crippen LogP contribution is 2.36. The van der Waals surface area contributed by atoms with Gasteiger partial charge in [0.1, 0.15) is 11.9 Å². The van der Waals surface area contributed by atoms with E-state index in [1.165, 1.54) is 4.88 Å². The number of hydrogen-bond acceptors (Lipinski definition) is 20. The van der Waals surface area contributed by atoms with Gasteiger partial charge in [0.05, 0.1) is 149 Å². The molecule has 452 valence electrons. The molecule has 1 saturated carbocycles. The highest BCUT2D eigenvalue weighted by molar-refractivity contribution is 7.13. The number of rotatable bonds is 44. The first-order valence-electron chi connectivity index (χ1n) is 27.7. The number of halogens is 4. The lowest BCUT2D eigenvalue weighted by atomic mass is 9.96. The Morgan fingerprint density at radius 2 is 1.16 bits per heavy atom.